The average molecular weight is 217 g/mol. The number of hydrogen-bond donors (Lipinski definition) is 1. The molecule has 2 aromatic heterocycles. The molecule has 1 N–H and O–H groups in total. The second-order valence-electron chi connectivity index (χ2n) is 4.39. The number of nitrogens with zero attached hydrogens (tertiary/aromatic N) is 2. The lowest BCUT2D eigenvalue weighted by Crippen LogP contribution is -2.28. The van der Waals surface area contributed by atoms with Crippen LogP contribution >= 0.6 is 0 Å². The van der Waals surface area contributed by atoms with E-state index < -0.39 is 0 Å². The van der Waals surface area contributed by atoms with Crippen molar-refractivity contribution >= 4 is 11.1 Å². The Bertz CT molecular complexity index is 500. The summed E-state index contributed by atoms with van der Waals surface area (Å²) in [6, 6.07) is 4.04. The Labute approximate surface area is 94.0 Å². The highest BCUT2D eigenvalue weighted by Gasteiger charge is 2.17. The number of piperidine rings is 1. The largest absolute Gasteiger partial charge is 0.354 e. The SMILES string of the molecule is Cc1noc2ccc(C3CCCNC3)nc12. The molecule has 84 valence electrons. The molecule has 2 aromatic rings. The lowest BCUT2D eigenvalue weighted by molar-refractivity contribution is 0.448. The molecule has 0 spiro atoms. The van der Waals surface area contributed by atoms with Crippen LogP contribution in [0.25, 0.3) is 11.1 Å². The molecule has 0 radical (unpaired) electrons. The number of rotatable bonds is 1. The van der Waals surface area contributed by atoms with Gasteiger partial charge in [0.25, 0.3) is 0 Å². The van der Waals surface area contributed by atoms with Gasteiger partial charge in [-0.3, -0.25) is 0 Å². The Morgan fingerprint density at radius 2 is 2.38 bits per heavy atom. The summed E-state index contributed by atoms with van der Waals surface area (Å²) in [6.45, 7) is 4.09. The second-order valence-corrected chi connectivity index (χ2v) is 4.39. The van der Waals surface area contributed by atoms with Gasteiger partial charge in [0, 0.05) is 18.2 Å². The van der Waals surface area contributed by atoms with Gasteiger partial charge in [0.2, 0.25) is 0 Å². The Morgan fingerprint density at radius 1 is 1.44 bits per heavy atom. The van der Waals surface area contributed by atoms with Crippen LogP contribution in [0.15, 0.2) is 16.7 Å². The van der Waals surface area contributed by atoms with Gasteiger partial charge >= 0.3 is 0 Å². The molecule has 3 heterocycles. The summed E-state index contributed by atoms with van der Waals surface area (Å²) in [5, 5.41) is 7.34. The molecular weight excluding hydrogens is 202 g/mol. The van der Waals surface area contributed by atoms with Gasteiger partial charge in [-0.15, -0.1) is 0 Å². The number of pyridine rings is 1. The fourth-order valence-corrected chi connectivity index (χ4v) is 2.29. The van der Waals surface area contributed by atoms with Gasteiger partial charge in [-0.25, -0.2) is 4.98 Å². The maximum Gasteiger partial charge on any atom is 0.185 e. The first-order valence-electron chi connectivity index (χ1n) is 5.78. The van der Waals surface area contributed by atoms with Crippen molar-refractivity contribution < 1.29 is 4.52 Å². The van der Waals surface area contributed by atoms with Crippen molar-refractivity contribution in [3.63, 3.8) is 0 Å². The fraction of sp³-hybridized carbons (Fsp3) is 0.500. The third-order valence-electron chi connectivity index (χ3n) is 3.22. The minimum atomic E-state index is 0.535. The van der Waals surface area contributed by atoms with E-state index in [0.29, 0.717) is 5.92 Å². The number of aryl methyl sites for hydroxylation is 1. The van der Waals surface area contributed by atoms with E-state index in [2.05, 4.69) is 21.5 Å². The minimum Gasteiger partial charge on any atom is -0.354 e. The van der Waals surface area contributed by atoms with E-state index in [1.807, 2.05) is 13.0 Å². The summed E-state index contributed by atoms with van der Waals surface area (Å²) in [5.74, 6) is 0.535. The van der Waals surface area contributed by atoms with Crippen molar-refractivity contribution in [2.24, 2.45) is 0 Å². The first kappa shape index (κ1) is 9.78. The third kappa shape index (κ3) is 1.59. The topological polar surface area (TPSA) is 51.0 Å². The molecule has 1 atom stereocenters. The molecule has 0 aromatic carbocycles. The molecule has 0 aliphatic carbocycles. The van der Waals surface area contributed by atoms with Gasteiger partial charge in [0.15, 0.2) is 5.58 Å². The van der Waals surface area contributed by atoms with Crippen molar-refractivity contribution in [1.82, 2.24) is 15.5 Å². The molecule has 1 saturated heterocycles. The molecule has 1 fully saturated rings. The van der Waals surface area contributed by atoms with Gasteiger partial charge < -0.3 is 9.84 Å². The monoisotopic (exact) mass is 217 g/mol. The van der Waals surface area contributed by atoms with E-state index >= 15 is 0 Å². The van der Waals surface area contributed by atoms with Crippen LogP contribution in [0.5, 0.6) is 0 Å². The Kier molecular flexibility index (Phi) is 2.36. The van der Waals surface area contributed by atoms with Crippen LogP contribution < -0.4 is 5.32 Å². The molecular formula is C12H15N3O. The van der Waals surface area contributed by atoms with Crippen molar-refractivity contribution in [2.75, 3.05) is 13.1 Å². The molecule has 0 saturated carbocycles. The maximum atomic E-state index is 5.16. The predicted molar refractivity (Wildman–Crippen MR) is 61.4 cm³/mol. The quantitative estimate of drug-likeness (QED) is 0.793. The third-order valence-corrected chi connectivity index (χ3v) is 3.22. The Balaban J connectivity index is 1.99. The van der Waals surface area contributed by atoms with Crippen LogP contribution in [0.4, 0.5) is 0 Å². The van der Waals surface area contributed by atoms with E-state index in [1.54, 1.807) is 0 Å². The zero-order valence-electron chi connectivity index (χ0n) is 9.36. The lowest BCUT2D eigenvalue weighted by atomic mass is 9.95. The number of aromatic nitrogens is 2. The average Bonchev–Trinajstić information content (AvgIpc) is 2.72. The van der Waals surface area contributed by atoms with E-state index in [0.717, 1.165) is 35.6 Å². The molecule has 4 nitrogen and oxygen atoms in total. The van der Waals surface area contributed by atoms with E-state index in [1.165, 1.54) is 12.8 Å². The summed E-state index contributed by atoms with van der Waals surface area (Å²) < 4.78 is 5.16. The summed E-state index contributed by atoms with van der Waals surface area (Å²) in [5.41, 5.74) is 3.72. The van der Waals surface area contributed by atoms with Gasteiger partial charge in [0.05, 0.1) is 0 Å². The standard InChI is InChI=1S/C12H15N3O/c1-8-12-11(16-15-8)5-4-10(14-12)9-3-2-6-13-7-9/h4-5,9,13H,2-3,6-7H2,1H3. The van der Waals surface area contributed by atoms with Crippen molar-refractivity contribution in [1.29, 1.82) is 0 Å². The number of fused-ring (bicyclic) bond motifs is 1. The highest BCUT2D eigenvalue weighted by Crippen LogP contribution is 2.24. The van der Waals surface area contributed by atoms with Crippen LogP contribution in [0.2, 0.25) is 0 Å². The fourth-order valence-electron chi connectivity index (χ4n) is 2.29. The van der Waals surface area contributed by atoms with E-state index in [-0.39, 0.29) is 0 Å². The van der Waals surface area contributed by atoms with E-state index in [4.69, 9.17) is 4.52 Å². The Hall–Kier alpha value is -1.42. The molecule has 3 rings (SSSR count). The van der Waals surface area contributed by atoms with Crippen LogP contribution in [-0.4, -0.2) is 23.2 Å². The summed E-state index contributed by atoms with van der Waals surface area (Å²) in [7, 11) is 0. The van der Waals surface area contributed by atoms with Gasteiger partial charge in [0.1, 0.15) is 11.2 Å². The van der Waals surface area contributed by atoms with Gasteiger partial charge in [-0.2, -0.15) is 0 Å². The summed E-state index contributed by atoms with van der Waals surface area (Å²) in [6.07, 6.45) is 2.45. The molecule has 16 heavy (non-hydrogen) atoms. The second kappa shape index (κ2) is 3.87. The first-order valence-corrected chi connectivity index (χ1v) is 5.78. The summed E-state index contributed by atoms with van der Waals surface area (Å²) in [4.78, 5) is 4.66. The molecule has 0 amide bonds. The van der Waals surface area contributed by atoms with Gasteiger partial charge in [-0.1, -0.05) is 5.16 Å². The van der Waals surface area contributed by atoms with Crippen LogP contribution in [0.1, 0.15) is 30.1 Å². The molecule has 0 bridgehead atoms. The van der Waals surface area contributed by atoms with E-state index in [9.17, 15) is 0 Å². The number of hydrogen-bond acceptors (Lipinski definition) is 4. The highest BCUT2D eigenvalue weighted by molar-refractivity contribution is 5.74. The summed E-state index contributed by atoms with van der Waals surface area (Å²) >= 11 is 0. The molecule has 4 heteroatoms. The molecule has 1 unspecified atom stereocenters. The zero-order chi connectivity index (χ0) is 11.0. The minimum absolute atomic E-state index is 0.535. The lowest BCUT2D eigenvalue weighted by Gasteiger charge is -2.22. The molecule has 1 aliphatic heterocycles. The Morgan fingerprint density at radius 3 is 3.19 bits per heavy atom. The smallest absolute Gasteiger partial charge is 0.185 e. The first-order chi connectivity index (χ1) is 7.84. The van der Waals surface area contributed by atoms with Gasteiger partial charge in [-0.05, 0) is 38.4 Å². The predicted octanol–water partition coefficient (Wildman–Crippen LogP) is 2.00. The van der Waals surface area contributed by atoms with Crippen molar-refractivity contribution in [2.45, 2.75) is 25.7 Å². The van der Waals surface area contributed by atoms with Crippen molar-refractivity contribution in [3.8, 4) is 0 Å². The maximum absolute atomic E-state index is 5.16. The zero-order valence-corrected chi connectivity index (χ0v) is 9.36. The van der Waals surface area contributed by atoms with Crippen LogP contribution in [0.3, 0.4) is 0 Å². The normalized spacial score (nSPS) is 21.4. The van der Waals surface area contributed by atoms with Crippen molar-refractivity contribution in [3.05, 3.63) is 23.5 Å². The van der Waals surface area contributed by atoms with Crippen LogP contribution in [-0.2, 0) is 0 Å². The van der Waals surface area contributed by atoms with Crippen LogP contribution in [0, 0.1) is 6.92 Å². The molecule has 1 aliphatic rings. The highest BCUT2D eigenvalue weighted by atomic mass is 16.5. The number of nitrogens with one attached hydrogen (secondary N) is 1.